The fraction of sp³-hybridized carbons (Fsp3) is 0.864. The molecule has 0 aromatic carbocycles. The third-order valence-electron chi connectivity index (χ3n) is 4.40. The Balaban J connectivity index is -0.000000709. The van der Waals surface area contributed by atoms with Crippen LogP contribution in [0.15, 0.2) is 12.2 Å². The van der Waals surface area contributed by atoms with E-state index in [0.29, 0.717) is 6.42 Å². The lowest BCUT2D eigenvalue weighted by molar-refractivity contribution is -0.118. The Morgan fingerprint density at radius 1 is 0.889 bits per heavy atom. The van der Waals surface area contributed by atoms with Gasteiger partial charge in [-0.3, -0.25) is 10.1 Å². The summed E-state index contributed by atoms with van der Waals surface area (Å²) in [5.74, 6) is -0.164. The molecule has 1 atom stereocenters. The van der Waals surface area contributed by atoms with E-state index in [-0.39, 0.29) is 24.5 Å². The summed E-state index contributed by atoms with van der Waals surface area (Å²) in [6.45, 7) is 4.18. The first-order chi connectivity index (χ1) is 12.6. The highest BCUT2D eigenvalue weighted by atomic mass is 35.5. The molecule has 5 heteroatoms. The SMILES string of the molecule is CCC(O)NC.CCCCCCCC/C=C\CCCCCCCC(N)=O.Cl. The summed E-state index contributed by atoms with van der Waals surface area (Å²) >= 11 is 0. The van der Waals surface area contributed by atoms with Gasteiger partial charge in [-0.15, -0.1) is 12.4 Å². The Kier molecular flexibility index (Phi) is 31.9. The topological polar surface area (TPSA) is 75.3 Å². The average Bonchev–Trinajstić information content (AvgIpc) is 2.64. The van der Waals surface area contributed by atoms with Crippen LogP contribution in [0.2, 0.25) is 0 Å². The third kappa shape index (κ3) is 33.4. The summed E-state index contributed by atoms with van der Waals surface area (Å²) < 4.78 is 0. The predicted molar refractivity (Wildman–Crippen MR) is 121 cm³/mol. The maximum atomic E-state index is 10.5. The molecule has 4 N–H and O–H groups in total. The molecule has 0 aliphatic rings. The highest BCUT2D eigenvalue weighted by molar-refractivity contribution is 5.85. The minimum absolute atomic E-state index is 0. The quantitative estimate of drug-likeness (QED) is 0.161. The van der Waals surface area contributed by atoms with Crippen molar-refractivity contribution in [2.45, 2.75) is 116 Å². The van der Waals surface area contributed by atoms with Crippen LogP contribution in [0.3, 0.4) is 0 Å². The number of hydrogen-bond acceptors (Lipinski definition) is 3. The number of nitrogens with one attached hydrogen (secondary N) is 1. The zero-order valence-electron chi connectivity index (χ0n) is 18.2. The number of rotatable bonds is 17. The Bertz CT molecular complexity index is 309. The molecule has 0 aromatic heterocycles. The molecule has 1 amide bonds. The molecular formula is C22H47ClN2O2. The van der Waals surface area contributed by atoms with Crippen molar-refractivity contribution in [2.24, 2.45) is 5.73 Å². The van der Waals surface area contributed by atoms with Crippen molar-refractivity contribution in [3.8, 4) is 0 Å². The second-order valence-electron chi connectivity index (χ2n) is 7.01. The van der Waals surface area contributed by atoms with Gasteiger partial charge in [0.05, 0.1) is 0 Å². The minimum Gasteiger partial charge on any atom is -0.379 e. The van der Waals surface area contributed by atoms with Crippen molar-refractivity contribution in [1.82, 2.24) is 5.32 Å². The van der Waals surface area contributed by atoms with Gasteiger partial charge in [0.2, 0.25) is 5.91 Å². The Labute approximate surface area is 175 Å². The Hall–Kier alpha value is -0.580. The first-order valence-corrected chi connectivity index (χ1v) is 10.9. The highest BCUT2D eigenvalue weighted by Gasteiger charge is 1.94. The van der Waals surface area contributed by atoms with Gasteiger partial charge in [-0.2, -0.15) is 0 Å². The van der Waals surface area contributed by atoms with Crippen LogP contribution >= 0.6 is 12.4 Å². The van der Waals surface area contributed by atoms with Crippen molar-refractivity contribution < 1.29 is 9.90 Å². The molecule has 0 saturated carbocycles. The third-order valence-corrected chi connectivity index (χ3v) is 4.40. The van der Waals surface area contributed by atoms with Crippen LogP contribution in [0.5, 0.6) is 0 Å². The summed E-state index contributed by atoms with van der Waals surface area (Å²) in [5.41, 5.74) is 5.10. The Morgan fingerprint density at radius 3 is 1.70 bits per heavy atom. The first kappa shape index (κ1) is 31.1. The molecule has 0 radical (unpaired) electrons. The number of aliphatic hydroxyl groups is 1. The smallest absolute Gasteiger partial charge is 0.217 e. The van der Waals surface area contributed by atoms with E-state index in [9.17, 15) is 4.79 Å². The van der Waals surface area contributed by atoms with Crippen LogP contribution in [0, 0.1) is 0 Å². The van der Waals surface area contributed by atoms with E-state index in [4.69, 9.17) is 10.8 Å². The maximum absolute atomic E-state index is 10.5. The minimum atomic E-state index is -0.315. The molecule has 1 unspecified atom stereocenters. The van der Waals surface area contributed by atoms with Crippen LogP contribution in [-0.4, -0.2) is 24.3 Å². The standard InChI is InChI=1S/C18H35NO.C4H11NO.ClH/c1-2-3-4-5-6-7-8-9-10-11-12-13-14-15-16-17-18(19)20;1-3-4(6)5-2;/h9-10H,2-8,11-17H2,1H3,(H2,19,20);4-6H,3H2,1-2H3;1H/b10-9-;;. The number of allylic oxidation sites excluding steroid dienone is 2. The molecule has 27 heavy (non-hydrogen) atoms. The van der Waals surface area contributed by atoms with E-state index in [1.165, 1.54) is 70.6 Å². The normalized spacial score (nSPS) is 11.6. The lowest BCUT2D eigenvalue weighted by Gasteiger charge is -2.01. The van der Waals surface area contributed by atoms with E-state index in [1.54, 1.807) is 7.05 Å². The van der Waals surface area contributed by atoms with Gasteiger partial charge >= 0.3 is 0 Å². The van der Waals surface area contributed by atoms with Gasteiger partial charge in [-0.1, -0.05) is 77.4 Å². The molecule has 164 valence electrons. The summed E-state index contributed by atoms with van der Waals surface area (Å²) in [7, 11) is 1.73. The molecule has 0 saturated heterocycles. The van der Waals surface area contributed by atoms with E-state index in [2.05, 4.69) is 24.4 Å². The number of aliphatic hydroxyl groups excluding tert-OH is 1. The molecule has 0 aliphatic carbocycles. The fourth-order valence-electron chi connectivity index (χ4n) is 2.57. The second kappa shape index (κ2) is 27.6. The molecular weight excluding hydrogens is 360 g/mol. The van der Waals surface area contributed by atoms with Gasteiger partial charge < -0.3 is 10.8 Å². The second-order valence-corrected chi connectivity index (χ2v) is 7.01. The van der Waals surface area contributed by atoms with Crippen LogP contribution in [0.4, 0.5) is 0 Å². The molecule has 0 aromatic rings. The number of hydrogen-bond donors (Lipinski definition) is 3. The van der Waals surface area contributed by atoms with Gasteiger partial charge in [-0.05, 0) is 45.6 Å². The van der Waals surface area contributed by atoms with Crippen LogP contribution in [0.1, 0.15) is 110 Å². The van der Waals surface area contributed by atoms with Crippen molar-refractivity contribution >= 4 is 18.3 Å². The van der Waals surface area contributed by atoms with Crippen molar-refractivity contribution in [2.75, 3.05) is 7.05 Å². The summed E-state index contributed by atoms with van der Waals surface area (Å²) in [4.78, 5) is 10.5. The van der Waals surface area contributed by atoms with E-state index in [1.807, 2.05) is 6.92 Å². The van der Waals surface area contributed by atoms with E-state index in [0.717, 1.165) is 19.3 Å². The van der Waals surface area contributed by atoms with Gasteiger partial charge in [0.25, 0.3) is 0 Å². The lowest BCUT2D eigenvalue weighted by atomic mass is 10.1. The molecule has 0 heterocycles. The van der Waals surface area contributed by atoms with Gasteiger partial charge in [0, 0.05) is 6.42 Å². The number of halogens is 1. The number of primary amides is 1. The average molecular weight is 407 g/mol. The number of amides is 1. The molecule has 0 rings (SSSR count). The van der Waals surface area contributed by atoms with Gasteiger partial charge in [-0.25, -0.2) is 0 Å². The molecule has 4 nitrogen and oxygen atoms in total. The van der Waals surface area contributed by atoms with E-state index >= 15 is 0 Å². The molecule has 0 fully saturated rings. The zero-order chi connectivity index (χ0) is 19.9. The summed E-state index contributed by atoms with van der Waals surface area (Å²) in [6, 6.07) is 0. The summed E-state index contributed by atoms with van der Waals surface area (Å²) in [6.07, 6.45) is 22.4. The van der Waals surface area contributed by atoms with Crippen molar-refractivity contribution in [1.29, 1.82) is 0 Å². The van der Waals surface area contributed by atoms with Gasteiger partial charge in [0.1, 0.15) is 6.23 Å². The van der Waals surface area contributed by atoms with E-state index < -0.39 is 0 Å². The van der Waals surface area contributed by atoms with Crippen molar-refractivity contribution in [3.05, 3.63) is 12.2 Å². The molecule has 0 spiro atoms. The van der Waals surface area contributed by atoms with Crippen LogP contribution in [-0.2, 0) is 4.79 Å². The number of carbonyl (C=O) groups is 1. The number of nitrogens with two attached hydrogens (primary N) is 1. The predicted octanol–water partition coefficient (Wildman–Crippen LogP) is 5.87. The number of carbonyl (C=O) groups excluding carboxylic acids is 1. The van der Waals surface area contributed by atoms with Gasteiger partial charge in [0.15, 0.2) is 0 Å². The Morgan fingerprint density at radius 2 is 1.33 bits per heavy atom. The first-order valence-electron chi connectivity index (χ1n) is 10.9. The fourth-order valence-corrected chi connectivity index (χ4v) is 2.57. The molecule has 0 aliphatic heterocycles. The zero-order valence-corrected chi connectivity index (χ0v) is 19.0. The van der Waals surface area contributed by atoms with Crippen LogP contribution in [0.25, 0.3) is 0 Å². The molecule has 0 bridgehead atoms. The van der Waals surface area contributed by atoms with Crippen LogP contribution < -0.4 is 11.1 Å². The lowest BCUT2D eigenvalue weighted by Crippen LogP contribution is -2.22. The monoisotopic (exact) mass is 406 g/mol. The highest BCUT2D eigenvalue weighted by Crippen LogP contribution is 2.09. The maximum Gasteiger partial charge on any atom is 0.217 e. The summed E-state index contributed by atoms with van der Waals surface area (Å²) in [5, 5.41) is 11.2. The van der Waals surface area contributed by atoms with Crippen molar-refractivity contribution in [3.63, 3.8) is 0 Å². The number of unbranched alkanes of at least 4 members (excludes halogenated alkanes) is 11. The largest absolute Gasteiger partial charge is 0.379 e.